The molecule has 2 atom stereocenters. The standard InChI is InChI=1S/C26H25ClF2N4OS/c1-4-18-14-30-10-11-33(18)19-12-20(28)23(21(29)13-19)24(34)32-25-31-22(15-35-25)26(3,5-2)16-6-8-17(27)9-7-16/h2,6-9,12-13,15,18,30H,4,10-11,14H2,1,3H3,(H,31,32,34). The van der Waals surface area contributed by atoms with Crippen LogP contribution in [-0.4, -0.2) is 36.6 Å². The van der Waals surface area contributed by atoms with Crippen molar-refractivity contribution in [1.29, 1.82) is 0 Å². The van der Waals surface area contributed by atoms with Crippen molar-refractivity contribution >= 4 is 39.7 Å². The number of rotatable bonds is 6. The van der Waals surface area contributed by atoms with Crippen LogP contribution in [0.5, 0.6) is 0 Å². The molecule has 1 aliphatic rings. The molecule has 4 rings (SSSR count). The van der Waals surface area contributed by atoms with Gasteiger partial charge in [-0.3, -0.25) is 10.1 Å². The lowest BCUT2D eigenvalue weighted by Crippen LogP contribution is -2.51. The van der Waals surface area contributed by atoms with E-state index in [2.05, 4.69) is 21.5 Å². The van der Waals surface area contributed by atoms with Crippen LogP contribution in [0.2, 0.25) is 5.02 Å². The van der Waals surface area contributed by atoms with Crippen LogP contribution in [0.3, 0.4) is 0 Å². The topological polar surface area (TPSA) is 57.3 Å². The molecule has 1 aromatic heterocycles. The van der Waals surface area contributed by atoms with E-state index in [1.807, 2.05) is 30.9 Å². The van der Waals surface area contributed by atoms with Gasteiger partial charge in [-0.05, 0) is 43.2 Å². The molecule has 182 valence electrons. The second kappa shape index (κ2) is 10.3. The zero-order valence-corrected chi connectivity index (χ0v) is 20.9. The molecular weight excluding hydrogens is 490 g/mol. The molecule has 9 heteroatoms. The van der Waals surface area contributed by atoms with Crippen LogP contribution in [-0.2, 0) is 5.41 Å². The van der Waals surface area contributed by atoms with Gasteiger partial charge in [-0.25, -0.2) is 13.8 Å². The van der Waals surface area contributed by atoms with Crippen molar-refractivity contribution < 1.29 is 13.6 Å². The molecule has 1 saturated heterocycles. The van der Waals surface area contributed by atoms with Crippen molar-refractivity contribution in [2.24, 2.45) is 0 Å². The number of anilines is 2. The van der Waals surface area contributed by atoms with Gasteiger partial charge in [0.05, 0.1) is 11.1 Å². The molecule has 0 saturated carbocycles. The van der Waals surface area contributed by atoms with Crippen LogP contribution in [0.15, 0.2) is 41.8 Å². The maximum Gasteiger partial charge on any atom is 0.263 e. The number of amides is 1. The summed E-state index contributed by atoms with van der Waals surface area (Å²) in [6, 6.07) is 9.66. The average Bonchev–Trinajstić information content (AvgIpc) is 3.32. The number of hydrogen-bond acceptors (Lipinski definition) is 5. The van der Waals surface area contributed by atoms with Crippen molar-refractivity contribution in [3.8, 4) is 12.3 Å². The van der Waals surface area contributed by atoms with Crippen molar-refractivity contribution in [3.05, 3.63) is 75.3 Å². The summed E-state index contributed by atoms with van der Waals surface area (Å²) >= 11 is 7.11. The summed E-state index contributed by atoms with van der Waals surface area (Å²) in [6.07, 6.45) is 6.66. The van der Waals surface area contributed by atoms with Crippen LogP contribution >= 0.6 is 22.9 Å². The Kier molecular flexibility index (Phi) is 7.41. The molecular formula is C26H25ClF2N4OS. The Morgan fingerprint density at radius 1 is 1.34 bits per heavy atom. The van der Waals surface area contributed by atoms with Gasteiger partial charge in [-0.15, -0.1) is 17.8 Å². The van der Waals surface area contributed by atoms with Crippen LogP contribution in [0.4, 0.5) is 19.6 Å². The first kappa shape index (κ1) is 25.1. The van der Waals surface area contributed by atoms with Gasteiger partial charge in [0.15, 0.2) is 5.13 Å². The fourth-order valence-electron chi connectivity index (χ4n) is 4.22. The predicted octanol–water partition coefficient (Wildman–Crippen LogP) is 5.45. The Morgan fingerprint density at radius 3 is 2.66 bits per heavy atom. The second-order valence-corrected chi connectivity index (χ2v) is 9.81. The van der Waals surface area contributed by atoms with Crippen LogP contribution in [0, 0.1) is 24.0 Å². The van der Waals surface area contributed by atoms with E-state index in [1.54, 1.807) is 17.5 Å². The Hall–Kier alpha value is -2.99. The quantitative estimate of drug-likeness (QED) is 0.429. The summed E-state index contributed by atoms with van der Waals surface area (Å²) in [6.45, 7) is 5.95. The van der Waals surface area contributed by atoms with Crippen LogP contribution < -0.4 is 15.5 Å². The highest BCUT2D eigenvalue weighted by Crippen LogP contribution is 2.34. The molecule has 0 aliphatic carbocycles. The smallest absolute Gasteiger partial charge is 0.263 e. The molecule has 1 aliphatic heterocycles. The minimum absolute atomic E-state index is 0.127. The SMILES string of the molecule is C#CC(C)(c1ccc(Cl)cc1)c1csc(NC(=O)c2c(F)cc(N3CCNCC3CC)cc2F)n1. The zero-order valence-electron chi connectivity index (χ0n) is 19.4. The van der Waals surface area contributed by atoms with E-state index in [1.165, 1.54) is 12.1 Å². The molecule has 0 radical (unpaired) electrons. The average molecular weight is 515 g/mol. The number of nitrogens with one attached hydrogen (secondary N) is 2. The Balaban J connectivity index is 1.56. The van der Waals surface area contributed by atoms with E-state index in [0.717, 1.165) is 36.4 Å². The molecule has 2 N–H and O–H groups in total. The lowest BCUT2D eigenvalue weighted by atomic mass is 9.81. The van der Waals surface area contributed by atoms with E-state index >= 15 is 0 Å². The molecule has 2 heterocycles. The van der Waals surface area contributed by atoms with Crippen molar-refractivity contribution in [2.45, 2.75) is 31.7 Å². The van der Waals surface area contributed by atoms with Gasteiger partial charge in [-0.2, -0.15) is 0 Å². The van der Waals surface area contributed by atoms with Gasteiger partial charge in [0.2, 0.25) is 0 Å². The van der Waals surface area contributed by atoms with Crippen LogP contribution in [0.25, 0.3) is 0 Å². The van der Waals surface area contributed by atoms with Crippen molar-refractivity contribution in [1.82, 2.24) is 10.3 Å². The number of aromatic nitrogens is 1. The van der Waals surface area contributed by atoms with Gasteiger partial charge in [0.1, 0.15) is 17.2 Å². The first-order valence-corrected chi connectivity index (χ1v) is 12.5. The number of thiazole rings is 1. The molecule has 1 amide bonds. The Labute approximate surface area is 212 Å². The summed E-state index contributed by atoms with van der Waals surface area (Å²) in [7, 11) is 0. The van der Waals surface area contributed by atoms with E-state index in [4.69, 9.17) is 18.0 Å². The van der Waals surface area contributed by atoms with Gasteiger partial charge in [-0.1, -0.05) is 36.6 Å². The predicted molar refractivity (Wildman–Crippen MR) is 137 cm³/mol. The normalized spacial score (nSPS) is 17.5. The lowest BCUT2D eigenvalue weighted by molar-refractivity contribution is 0.101. The number of nitrogens with zero attached hydrogens (tertiary/aromatic N) is 2. The van der Waals surface area contributed by atoms with E-state index in [-0.39, 0.29) is 11.2 Å². The molecule has 0 spiro atoms. The van der Waals surface area contributed by atoms with Gasteiger partial charge < -0.3 is 10.2 Å². The van der Waals surface area contributed by atoms with E-state index in [0.29, 0.717) is 22.9 Å². The highest BCUT2D eigenvalue weighted by molar-refractivity contribution is 7.14. The molecule has 0 bridgehead atoms. The fourth-order valence-corrected chi connectivity index (χ4v) is 5.16. The monoisotopic (exact) mass is 514 g/mol. The maximum atomic E-state index is 15.0. The van der Waals surface area contributed by atoms with Gasteiger partial charge in [0.25, 0.3) is 5.91 Å². The first-order valence-electron chi connectivity index (χ1n) is 11.2. The number of halogens is 3. The number of hydrogen-bond donors (Lipinski definition) is 2. The molecule has 35 heavy (non-hydrogen) atoms. The third-order valence-electron chi connectivity index (χ3n) is 6.35. The second-order valence-electron chi connectivity index (χ2n) is 8.51. The summed E-state index contributed by atoms with van der Waals surface area (Å²) in [5, 5.41) is 8.28. The maximum absolute atomic E-state index is 15.0. The third kappa shape index (κ3) is 5.03. The summed E-state index contributed by atoms with van der Waals surface area (Å²) in [5.41, 5.74) is 0.239. The van der Waals surface area contributed by atoms with E-state index in [9.17, 15) is 13.6 Å². The third-order valence-corrected chi connectivity index (χ3v) is 7.36. The number of terminal acetylenes is 1. The summed E-state index contributed by atoms with van der Waals surface area (Å²) in [5.74, 6) is 0.00506. The summed E-state index contributed by atoms with van der Waals surface area (Å²) in [4.78, 5) is 19.2. The Bertz CT molecular complexity index is 1250. The Morgan fingerprint density at radius 2 is 2.03 bits per heavy atom. The van der Waals surface area contributed by atoms with E-state index < -0.39 is 28.5 Å². The fraction of sp³-hybridized carbons (Fsp3) is 0.308. The minimum atomic E-state index is -0.919. The number of carbonyl (C=O) groups is 1. The molecule has 1 fully saturated rings. The van der Waals surface area contributed by atoms with Crippen LogP contribution in [0.1, 0.15) is 41.9 Å². The van der Waals surface area contributed by atoms with Gasteiger partial charge >= 0.3 is 0 Å². The van der Waals surface area contributed by atoms with Gasteiger partial charge in [0, 0.05) is 41.8 Å². The highest BCUT2D eigenvalue weighted by atomic mass is 35.5. The summed E-state index contributed by atoms with van der Waals surface area (Å²) < 4.78 is 29.9. The number of benzene rings is 2. The lowest BCUT2D eigenvalue weighted by Gasteiger charge is -2.37. The zero-order chi connectivity index (χ0) is 25.2. The molecule has 2 unspecified atom stereocenters. The van der Waals surface area contributed by atoms with Crippen molar-refractivity contribution in [3.63, 3.8) is 0 Å². The molecule has 2 aromatic carbocycles. The molecule has 5 nitrogen and oxygen atoms in total. The molecule has 3 aromatic rings. The number of carbonyl (C=O) groups excluding carboxylic acids is 1. The van der Waals surface area contributed by atoms with Crippen molar-refractivity contribution in [2.75, 3.05) is 29.9 Å². The highest BCUT2D eigenvalue weighted by Gasteiger charge is 2.30. The first-order chi connectivity index (χ1) is 16.8. The number of piperazine rings is 1. The largest absolute Gasteiger partial charge is 0.366 e. The minimum Gasteiger partial charge on any atom is -0.366 e.